The highest BCUT2D eigenvalue weighted by Crippen LogP contribution is 2.21. The van der Waals surface area contributed by atoms with Crippen molar-refractivity contribution in [3.05, 3.63) is 0 Å². The number of aliphatic hydroxyl groups is 1. The number of carboxylic acid groups (broad SMARTS) is 1. The second-order valence-electron chi connectivity index (χ2n) is 7.37. The van der Waals surface area contributed by atoms with Crippen molar-refractivity contribution in [1.29, 1.82) is 0 Å². The molecule has 2 aliphatic heterocycles. The van der Waals surface area contributed by atoms with E-state index in [-0.39, 0.29) is 36.7 Å². The molecule has 0 aromatic rings. The van der Waals surface area contributed by atoms with Crippen molar-refractivity contribution in [3.8, 4) is 0 Å². The third-order valence-corrected chi connectivity index (χ3v) is 5.46. The van der Waals surface area contributed by atoms with E-state index in [0.29, 0.717) is 31.8 Å². The predicted octanol–water partition coefficient (Wildman–Crippen LogP) is 0.236. The Labute approximate surface area is 166 Å². The highest BCUT2D eigenvalue weighted by atomic mass is 35.5. The highest BCUT2D eigenvalue weighted by Gasteiger charge is 2.29. The zero-order valence-electron chi connectivity index (χ0n) is 15.7. The Kier molecular flexibility index (Phi) is 10.6. The number of halogens is 1. The molecule has 0 aromatic carbocycles. The number of carbonyl (C=O) groups excluding carboxylic acids is 2. The molecule has 2 atom stereocenters. The maximum atomic E-state index is 12.5. The SMILES string of the molecule is Cl.O=C(O)C(CO)CNC(=O)[C@@H]1CCCN(C(=O)CCC2CCNCC2)C1. The number of nitrogens with one attached hydrogen (secondary N) is 2. The molecule has 2 heterocycles. The van der Waals surface area contributed by atoms with Crippen LogP contribution in [-0.2, 0) is 14.4 Å². The average molecular weight is 406 g/mol. The van der Waals surface area contributed by atoms with Gasteiger partial charge in [-0.15, -0.1) is 12.4 Å². The van der Waals surface area contributed by atoms with Gasteiger partial charge in [-0.05, 0) is 51.1 Å². The lowest BCUT2D eigenvalue weighted by Crippen LogP contribution is -2.46. The van der Waals surface area contributed by atoms with Crippen LogP contribution in [0.25, 0.3) is 0 Å². The lowest BCUT2D eigenvalue weighted by atomic mass is 9.92. The number of nitrogens with zero attached hydrogens (tertiary/aromatic N) is 1. The molecule has 2 fully saturated rings. The van der Waals surface area contributed by atoms with Gasteiger partial charge in [0.1, 0.15) is 0 Å². The van der Waals surface area contributed by atoms with Gasteiger partial charge in [-0.3, -0.25) is 14.4 Å². The maximum absolute atomic E-state index is 12.5. The summed E-state index contributed by atoms with van der Waals surface area (Å²) in [6.45, 7) is 2.52. The summed E-state index contributed by atoms with van der Waals surface area (Å²) in [5.41, 5.74) is 0. The summed E-state index contributed by atoms with van der Waals surface area (Å²) in [7, 11) is 0. The molecule has 0 saturated carbocycles. The number of carboxylic acids is 1. The Hall–Kier alpha value is -1.38. The summed E-state index contributed by atoms with van der Waals surface area (Å²) in [6.07, 6.45) is 5.15. The van der Waals surface area contributed by atoms with Crippen LogP contribution in [0, 0.1) is 17.8 Å². The first-order valence-corrected chi connectivity index (χ1v) is 9.61. The Morgan fingerprint density at radius 2 is 1.89 bits per heavy atom. The molecule has 9 heteroatoms. The number of likely N-dealkylation sites (tertiary alicyclic amines) is 1. The molecular weight excluding hydrogens is 374 g/mol. The molecule has 156 valence electrons. The molecular formula is C18H32ClN3O5. The fraction of sp³-hybridized carbons (Fsp3) is 0.833. The first-order valence-electron chi connectivity index (χ1n) is 9.61. The van der Waals surface area contributed by atoms with Crippen molar-refractivity contribution < 1.29 is 24.6 Å². The first-order chi connectivity index (χ1) is 12.5. The van der Waals surface area contributed by atoms with Gasteiger partial charge in [0, 0.05) is 26.1 Å². The largest absolute Gasteiger partial charge is 0.481 e. The molecule has 27 heavy (non-hydrogen) atoms. The highest BCUT2D eigenvalue weighted by molar-refractivity contribution is 5.85. The molecule has 0 aromatic heterocycles. The third-order valence-electron chi connectivity index (χ3n) is 5.46. The number of amides is 2. The van der Waals surface area contributed by atoms with Crippen molar-refractivity contribution in [2.75, 3.05) is 39.3 Å². The van der Waals surface area contributed by atoms with Gasteiger partial charge < -0.3 is 25.7 Å². The molecule has 1 unspecified atom stereocenters. The summed E-state index contributed by atoms with van der Waals surface area (Å²) in [5, 5.41) is 23.8. The van der Waals surface area contributed by atoms with E-state index < -0.39 is 18.5 Å². The molecule has 2 rings (SSSR count). The monoisotopic (exact) mass is 405 g/mol. The second-order valence-corrected chi connectivity index (χ2v) is 7.37. The minimum Gasteiger partial charge on any atom is -0.481 e. The quantitative estimate of drug-likeness (QED) is 0.459. The van der Waals surface area contributed by atoms with Gasteiger partial charge in [0.05, 0.1) is 18.4 Å². The normalized spacial score (nSPS) is 21.8. The minimum atomic E-state index is -1.13. The number of aliphatic carboxylic acids is 1. The van der Waals surface area contributed by atoms with Crippen LogP contribution in [0.1, 0.15) is 38.5 Å². The van der Waals surface area contributed by atoms with Crippen LogP contribution >= 0.6 is 12.4 Å². The minimum absolute atomic E-state index is 0. The standard InChI is InChI=1S/C18H31N3O5.ClH/c22-12-15(18(25)26)10-20-17(24)14-2-1-9-21(11-14)16(23)4-3-13-5-7-19-8-6-13;/h13-15,19,22H,1-12H2,(H,20,24)(H,25,26);1H/t14-,15?;/m1./s1. The van der Waals surface area contributed by atoms with Crippen LogP contribution in [0.15, 0.2) is 0 Å². The number of rotatable bonds is 8. The van der Waals surface area contributed by atoms with Crippen LogP contribution < -0.4 is 10.6 Å². The zero-order chi connectivity index (χ0) is 18.9. The molecule has 0 aliphatic carbocycles. The summed E-state index contributed by atoms with van der Waals surface area (Å²) in [4.78, 5) is 37.4. The van der Waals surface area contributed by atoms with Crippen molar-refractivity contribution in [2.24, 2.45) is 17.8 Å². The van der Waals surface area contributed by atoms with Gasteiger partial charge >= 0.3 is 5.97 Å². The summed E-state index contributed by atoms with van der Waals surface area (Å²) >= 11 is 0. The van der Waals surface area contributed by atoms with E-state index in [9.17, 15) is 14.4 Å². The molecule has 2 amide bonds. The predicted molar refractivity (Wildman–Crippen MR) is 103 cm³/mol. The molecule has 8 nitrogen and oxygen atoms in total. The number of aliphatic hydroxyl groups excluding tert-OH is 1. The topological polar surface area (TPSA) is 119 Å². The molecule has 0 spiro atoms. The Morgan fingerprint density at radius 1 is 1.19 bits per heavy atom. The van der Waals surface area contributed by atoms with Gasteiger partial charge in [0.25, 0.3) is 0 Å². The molecule has 2 aliphatic rings. The fourth-order valence-electron chi connectivity index (χ4n) is 3.67. The number of carbonyl (C=O) groups is 3. The first kappa shape index (κ1) is 23.7. The van der Waals surface area contributed by atoms with E-state index in [0.717, 1.165) is 38.8 Å². The third kappa shape index (κ3) is 7.63. The summed E-state index contributed by atoms with van der Waals surface area (Å²) in [6, 6.07) is 0. The number of hydrogen-bond acceptors (Lipinski definition) is 5. The van der Waals surface area contributed by atoms with Gasteiger partial charge in [0.15, 0.2) is 0 Å². The van der Waals surface area contributed by atoms with Crippen LogP contribution in [0.3, 0.4) is 0 Å². The number of hydrogen-bond donors (Lipinski definition) is 4. The van der Waals surface area contributed by atoms with Gasteiger partial charge in [-0.1, -0.05) is 0 Å². The van der Waals surface area contributed by atoms with Gasteiger partial charge in [-0.25, -0.2) is 0 Å². The van der Waals surface area contributed by atoms with E-state index in [4.69, 9.17) is 10.2 Å². The van der Waals surface area contributed by atoms with Crippen LogP contribution in [0.4, 0.5) is 0 Å². The van der Waals surface area contributed by atoms with E-state index >= 15 is 0 Å². The van der Waals surface area contributed by atoms with E-state index in [1.54, 1.807) is 4.90 Å². The van der Waals surface area contributed by atoms with E-state index in [2.05, 4.69) is 10.6 Å². The molecule has 0 bridgehead atoms. The molecule has 4 N–H and O–H groups in total. The van der Waals surface area contributed by atoms with Crippen LogP contribution in [0.5, 0.6) is 0 Å². The zero-order valence-corrected chi connectivity index (χ0v) is 16.5. The molecule has 2 saturated heterocycles. The lowest BCUT2D eigenvalue weighted by molar-refractivity contribution is -0.143. The van der Waals surface area contributed by atoms with Gasteiger partial charge in [0.2, 0.25) is 11.8 Å². The summed E-state index contributed by atoms with van der Waals surface area (Å²) < 4.78 is 0. The van der Waals surface area contributed by atoms with Crippen LogP contribution in [0.2, 0.25) is 0 Å². The van der Waals surface area contributed by atoms with Gasteiger partial charge in [-0.2, -0.15) is 0 Å². The van der Waals surface area contributed by atoms with Crippen molar-refractivity contribution in [1.82, 2.24) is 15.5 Å². The maximum Gasteiger partial charge on any atom is 0.310 e. The lowest BCUT2D eigenvalue weighted by Gasteiger charge is -2.33. The Bertz CT molecular complexity index is 499. The van der Waals surface area contributed by atoms with Crippen LogP contribution in [-0.4, -0.2) is 72.2 Å². The fourth-order valence-corrected chi connectivity index (χ4v) is 3.67. The van der Waals surface area contributed by atoms with Crippen molar-refractivity contribution in [2.45, 2.75) is 38.5 Å². The van der Waals surface area contributed by atoms with Crippen molar-refractivity contribution >= 4 is 30.2 Å². The van der Waals surface area contributed by atoms with E-state index in [1.807, 2.05) is 0 Å². The summed E-state index contributed by atoms with van der Waals surface area (Å²) in [5.74, 6) is -1.95. The number of piperidine rings is 2. The Balaban J connectivity index is 0.00000364. The average Bonchev–Trinajstić information content (AvgIpc) is 2.67. The van der Waals surface area contributed by atoms with Crippen molar-refractivity contribution in [3.63, 3.8) is 0 Å². The smallest absolute Gasteiger partial charge is 0.310 e. The van der Waals surface area contributed by atoms with E-state index in [1.165, 1.54) is 0 Å². The second kappa shape index (κ2) is 12.2. The molecule has 0 radical (unpaired) electrons. The Morgan fingerprint density at radius 3 is 2.52 bits per heavy atom.